The Morgan fingerprint density at radius 1 is 0.692 bits per heavy atom. The lowest BCUT2D eigenvalue weighted by Crippen LogP contribution is -2.14. The highest BCUT2D eigenvalue weighted by atomic mass is 79.9. The van der Waals surface area contributed by atoms with Crippen molar-refractivity contribution in [1.29, 1.82) is 0 Å². The fraction of sp³-hybridized carbons (Fsp3) is 0.0476. The predicted octanol–water partition coefficient (Wildman–Crippen LogP) is 5.26. The molecule has 0 bridgehead atoms. The second-order valence-corrected chi connectivity index (χ2v) is 6.63. The Morgan fingerprint density at radius 3 is 1.69 bits per heavy atom. The molecule has 3 aromatic rings. The summed E-state index contributed by atoms with van der Waals surface area (Å²) >= 11 is 3.37. The van der Waals surface area contributed by atoms with Gasteiger partial charge in [-0.05, 0) is 70.9 Å². The Morgan fingerprint density at radius 2 is 1.15 bits per heavy atom. The van der Waals surface area contributed by atoms with Crippen LogP contribution in [0.4, 0.5) is 11.4 Å². The van der Waals surface area contributed by atoms with E-state index in [0.29, 0.717) is 22.5 Å². The second kappa shape index (κ2) is 7.97. The highest BCUT2D eigenvalue weighted by Gasteiger charge is 2.11. The molecule has 2 N–H and O–H groups in total. The van der Waals surface area contributed by atoms with Crippen LogP contribution in [0, 0.1) is 6.92 Å². The summed E-state index contributed by atoms with van der Waals surface area (Å²) in [4.78, 5) is 24.6. The Bertz CT molecular complexity index is 874. The van der Waals surface area contributed by atoms with Crippen molar-refractivity contribution in [3.8, 4) is 0 Å². The molecule has 0 aromatic heterocycles. The van der Waals surface area contributed by atoms with Crippen molar-refractivity contribution in [2.75, 3.05) is 10.6 Å². The molecular formula is C21H17BrN2O2. The quantitative estimate of drug-likeness (QED) is 0.618. The van der Waals surface area contributed by atoms with Gasteiger partial charge in [0.1, 0.15) is 0 Å². The van der Waals surface area contributed by atoms with Crippen LogP contribution in [0.5, 0.6) is 0 Å². The summed E-state index contributed by atoms with van der Waals surface area (Å²) in [7, 11) is 0. The van der Waals surface area contributed by atoms with Crippen molar-refractivity contribution in [3.63, 3.8) is 0 Å². The molecule has 0 saturated carbocycles. The van der Waals surface area contributed by atoms with E-state index in [1.54, 1.807) is 36.4 Å². The monoisotopic (exact) mass is 408 g/mol. The molecule has 0 spiro atoms. The number of rotatable bonds is 4. The zero-order chi connectivity index (χ0) is 18.5. The molecule has 0 heterocycles. The first-order chi connectivity index (χ1) is 12.5. The first kappa shape index (κ1) is 17.9. The molecule has 0 atom stereocenters. The number of hydrogen-bond donors (Lipinski definition) is 2. The number of halogens is 1. The molecule has 3 aromatic carbocycles. The van der Waals surface area contributed by atoms with Gasteiger partial charge in [0, 0.05) is 21.4 Å². The summed E-state index contributed by atoms with van der Waals surface area (Å²) in [5.41, 5.74) is 3.43. The van der Waals surface area contributed by atoms with Crippen molar-refractivity contribution < 1.29 is 9.59 Å². The Hall–Kier alpha value is -2.92. The predicted molar refractivity (Wildman–Crippen MR) is 108 cm³/mol. The van der Waals surface area contributed by atoms with Crippen LogP contribution in [-0.2, 0) is 0 Å². The summed E-state index contributed by atoms with van der Waals surface area (Å²) in [5.74, 6) is -0.359. The smallest absolute Gasteiger partial charge is 0.256 e. The van der Waals surface area contributed by atoms with Crippen LogP contribution in [0.15, 0.2) is 77.3 Å². The van der Waals surface area contributed by atoms with E-state index in [-0.39, 0.29) is 11.8 Å². The van der Waals surface area contributed by atoms with Crippen LogP contribution >= 0.6 is 15.9 Å². The minimum absolute atomic E-state index is 0.159. The van der Waals surface area contributed by atoms with Crippen LogP contribution in [0.1, 0.15) is 26.3 Å². The number of hydrogen-bond acceptors (Lipinski definition) is 2. The summed E-state index contributed by atoms with van der Waals surface area (Å²) < 4.78 is 0.736. The summed E-state index contributed by atoms with van der Waals surface area (Å²) in [6, 6.07) is 21.7. The number of anilines is 2. The minimum Gasteiger partial charge on any atom is -0.322 e. The molecule has 0 aliphatic heterocycles. The van der Waals surface area contributed by atoms with E-state index in [4.69, 9.17) is 0 Å². The maximum Gasteiger partial charge on any atom is 0.256 e. The molecule has 130 valence electrons. The van der Waals surface area contributed by atoms with Crippen molar-refractivity contribution >= 4 is 39.1 Å². The van der Waals surface area contributed by atoms with E-state index in [0.717, 1.165) is 10.0 Å². The van der Waals surface area contributed by atoms with E-state index >= 15 is 0 Å². The highest BCUT2D eigenvalue weighted by Crippen LogP contribution is 2.19. The third-order valence-corrected chi connectivity index (χ3v) is 4.60. The van der Waals surface area contributed by atoms with Crippen LogP contribution in [-0.4, -0.2) is 11.8 Å². The lowest BCUT2D eigenvalue weighted by atomic mass is 10.1. The third-order valence-electron chi connectivity index (χ3n) is 3.91. The van der Waals surface area contributed by atoms with Gasteiger partial charge in [-0.25, -0.2) is 0 Å². The largest absolute Gasteiger partial charge is 0.322 e. The zero-order valence-electron chi connectivity index (χ0n) is 14.1. The van der Waals surface area contributed by atoms with E-state index < -0.39 is 0 Å². The van der Waals surface area contributed by atoms with Crippen LogP contribution in [0.2, 0.25) is 0 Å². The molecule has 0 radical (unpaired) electrons. The van der Waals surface area contributed by atoms with Crippen molar-refractivity contribution in [1.82, 2.24) is 0 Å². The maximum atomic E-state index is 12.3. The number of carbonyl (C=O) groups excluding carboxylic acids is 2. The third kappa shape index (κ3) is 4.18. The normalized spacial score (nSPS) is 10.2. The standard InChI is InChI=1S/C21H17BrN2O2/c1-14-6-2-3-7-17(14)20(25)23-15-10-12-16(13-11-15)24-21(26)18-8-4-5-9-19(18)22/h2-13H,1H3,(H,23,25)(H,24,26). The SMILES string of the molecule is Cc1ccccc1C(=O)Nc1ccc(NC(=O)c2ccccc2Br)cc1. The van der Waals surface area contributed by atoms with Gasteiger partial charge in [-0.3, -0.25) is 9.59 Å². The van der Waals surface area contributed by atoms with Gasteiger partial charge in [0.2, 0.25) is 0 Å². The molecule has 0 fully saturated rings. The van der Waals surface area contributed by atoms with Crippen molar-refractivity contribution in [2.45, 2.75) is 6.92 Å². The molecule has 5 heteroatoms. The molecule has 0 saturated heterocycles. The van der Waals surface area contributed by atoms with E-state index in [1.807, 2.05) is 43.3 Å². The molecule has 2 amide bonds. The molecule has 0 aliphatic carbocycles. The van der Waals surface area contributed by atoms with Crippen molar-refractivity contribution in [3.05, 3.63) is 94.0 Å². The van der Waals surface area contributed by atoms with Crippen molar-refractivity contribution in [2.24, 2.45) is 0 Å². The molecule has 3 rings (SSSR count). The van der Waals surface area contributed by atoms with Gasteiger partial charge in [-0.2, -0.15) is 0 Å². The zero-order valence-corrected chi connectivity index (χ0v) is 15.7. The molecule has 4 nitrogen and oxygen atoms in total. The topological polar surface area (TPSA) is 58.2 Å². The van der Waals surface area contributed by atoms with Gasteiger partial charge in [-0.15, -0.1) is 0 Å². The Kier molecular flexibility index (Phi) is 5.49. The summed E-state index contributed by atoms with van der Waals surface area (Å²) in [6.07, 6.45) is 0. The maximum absolute atomic E-state index is 12.3. The number of carbonyl (C=O) groups is 2. The average molecular weight is 409 g/mol. The fourth-order valence-corrected chi connectivity index (χ4v) is 2.97. The number of nitrogens with one attached hydrogen (secondary N) is 2. The van der Waals surface area contributed by atoms with Gasteiger partial charge in [0.25, 0.3) is 11.8 Å². The summed E-state index contributed by atoms with van der Waals surface area (Å²) in [5, 5.41) is 5.70. The van der Waals surface area contributed by atoms with Gasteiger partial charge in [0.15, 0.2) is 0 Å². The fourth-order valence-electron chi connectivity index (χ4n) is 2.51. The van der Waals surface area contributed by atoms with Gasteiger partial charge in [-0.1, -0.05) is 30.3 Å². The first-order valence-electron chi connectivity index (χ1n) is 8.07. The molecule has 0 aliphatic rings. The van der Waals surface area contributed by atoms with E-state index in [2.05, 4.69) is 26.6 Å². The summed E-state index contributed by atoms with van der Waals surface area (Å²) in [6.45, 7) is 1.90. The Labute approximate surface area is 160 Å². The lowest BCUT2D eigenvalue weighted by molar-refractivity contribution is 0.101. The van der Waals surface area contributed by atoms with E-state index in [9.17, 15) is 9.59 Å². The first-order valence-corrected chi connectivity index (χ1v) is 8.87. The number of aryl methyl sites for hydroxylation is 1. The highest BCUT2D eigenvalue weighted by molar-refractivity contribution is 9.10. The average Bonchev–Trinajstić information content (AvgIpc) is 2.64. The van der Waals surface area contributed by atoms with Crippen LogP contribution in [0.3, 0.4) is 0 Å². The molecule has 26 heavy (non-hydrogen) atoms. The minimum atomic E-state index is -0.200. The van der Waals surface area contributed by atoms with Gasteiger partial charge < -0.3 is 10.6 Å². The van der Waals surface area contributed by atoms with Gasteiger partial charge >= 0.3 is 0 Å². The number of amides is 2. The van der Waals surface area contributed by atoms with E-state index in [1.165, 1.54) is 0 Å². The molecular weight excluding hydrogens is 392 g/mol. The lowest BCUT2D eigenvalue weighted by Gasteiger charge is -2.10. The Balaban J connectivity index is 1.67. The van der Waals surface area contributed by atoms with Crippen LogP contribution < -0.4 is 10.6 Å². The van der Waals surface area contributed by atoms with Gasteiger partial charge in [0.05, 0.1) is 5.56 Å². The molecule has 0 unspecified atom stereocenters. The number of benzene rings is 3. The van der Waals surface area contributed by atoms with Crippen LogP contribution in [0.25, 0.3) is 0 Å². The second-order valence-electron chi connectivity index (χ2n) is 5.78.